The van der Waals surface area contributed by atoms with Crippen LogP contribution in [0.3, 0.4) is 0 Å². The summed E-state index contributed by atoms with van der Waals surface area (Å²) in [6.45, 7) is 11.0. The van der Waals surface area contributed by atoms with E-state index in [0.717, 1.165) is 51.4 Å². The van der Waals surface area contributed by atoms with Crippen molar-refractivity contribution in [3.63, 3.8) is 0 Å². The number of nitrogens with one attached hydrogen (secondary N) is 2. The van der Waals surface area contributed by atoms with E-state index in [1.807, 2.05) is 6.92 Å². The minimum Gasteiger partial charge on any atom is -0.493 e. The quantitative estimate of drug-likeness (QED) is 0.206. The number of hydrogen-bond donors (Lipinski definition) is 2. The fourth-order valence-electron chi connectivity index (χ4n) is 2.03. The van der Waals surface area contributed by atoms with Crippen LogP contribution in [-0.2, 0) is 14.3 Å². The van der Waals surface area contributed by atoms with Crippen molar-refractivity contribution >= 4 is 5.78 Å². The summed E-state index contributed by atoms with van der Waals surface area (Å²) in [7, 11) is 1.47. The van der Waals surface area contributed by atoms with Crippen molar-refractivity contribution in [3.8, 4) is 0 Å². The van der Waals surface area contributed by atoms with Crippen molar-refractivity contribution < 1.29 is 14.3 Å². The van der Waals surface area contributed by atoms with E-state index in [1.54, 1.807) is 12.3 Å². The molecule has 0 aromatic rings. The minimum atomic E-state index is -0.228. The average Bonchev–Trinajstić information content (AvgIpc) is 2.56. The molecule has 6 heteroatoms. The molecule has 1 heterocycles. The molecule has 1 fully saturated rings. The van der Waals surface area contributed by atoms with Crippen LogP contribution in [0.25, 0.3) is 0 Å². The Hall–Kier alpha value is -1.63. The summed E-state index contributed by atoms with van der Waals surface area (Å²) in [6.07, 6.45) is 5.77. The van der Waals surface area contributed by atoms with Crippen molar-refractivity contribution in [2.45, 2.75) is 13.3 Å². The van der Waals surface area contributed by atoms with Gasteiger partial charge in [0.25, 0.3) is 0 Å². The van der Waals surface area contributed by atoms with Gasteiger partial charge in [-0.25, -0.2) is 5.43 Å². The standard InChI is InChI=1S/C16H27N3O3/c1-4-15(20)16(21-3)12-14(2)13-18-17-6-5-7-19-8-10-22-11-9-19/h4,12-13,17-18H,1,5-11H2,2-3H3. The molecule has 0 aromatic carbocycles. The zero-order valence-corrected chi connectivity index (χ0v) is 13.6. The maximum Gasteiger partial charge on any atom is 0.219 e. The first-order chi connectivity index (χ1) is 10.7. The zero-order valence-electron chi connectivity index (χ0n) is 13.6. The number of ketones is 1. The van der Waals surface area contributed by atoms with Gasteiger partial charge in [-0.1, -0.05) is 6.58 Å². The molecule has 2 N–H and O–H groups in total. The van der Waals surface area contributed by atoms with Crippen LogP contribution in [0.2, 0.25) is 0 Å². The van der Waals surface area contributed by atoms with Crippen LogP contribution in [0.4, 0.5) is 0 Å². The number of ether oxygens (including phenoxy) is 2. The third kappa shape index (κ3) is 7.40. The van der Waals surface area contributed by atoms with Crippen LogP contribution in [0.5, 0.6) is 0 Å². The lowest BCUT2D eigenvalue weighted by molar-refractivity contribution is -0.114. The molecule has 0 amide bonds. The second kappa shape index (κ2) is 11.0. The van der Waals surface area contributed by atoms with E-state index in [4.69, 9.17) is 9.47 Å². The van der Waals surface area contributed by atoms with Gasteiger partial charge < -0.3 is 14.9 Å². The van der Waals surface area contributed by atoms with Crippen molar-refractivity contribution in [1.82, 2.24) is 15.8 Å². The molecule has 1 rings (SSSR count). The number of allylic oxidation sites excluding steroid dienone is 3. The van der Waals surface area contributed by atoms with Gasteiger partial charge in [0.2, 0.25) is 5.78 Å². The van der Waals surface area contributed by atoms with Crippen molar-refractivity contribution in [2.24, 2.45) is 0 Å². The van der Waals surface area contributed by atoms with Gasteiger partial charge in [0.1, 0.15) is 0 Å². The van der Waals surface area contributed by atoms with Crippen LogP contribution in [0, 0.1) is 0 Å². The van der Waals surface area contributed by atoms with E-state index in [1.165, 1.54) is 13.2 Å². The minimum absolute atomic E-state index is 0.228. The van der Waals surface area contributed by atoms with Crippen molar-refractivity contribution in [1.29, 1.82) is 0 Å². The van der Waals surface area contributed by atoms with E-state index in [2.05, 4.69) is 22.3 Å². The molecule has 1 saturated heterocycles. The molecule has 0 spiro atoms. The van der Waals surface area contributed by atoms with Crippen LogP contribution in [0.1, 0.15) is 13.3 Å². The Labute approximate surface area is 132 Å². The Morgan fingerprint density at radius 2 is 2.14 bits per heavy atom. The molecular formula is C16H27N3O3. The third-order valence-electron chi connectivity index (χ3n) is 3.29. The molecule has 0 saturated carbocycles. The highest BCUT2D eigenvalue weighted by molar-refractivity contribution is 6.02. The van der Waals surface area contributed by atoms with Crippen molar-refractivity contribution in [3.05, 3.63) is 36.3 Å². The second-order valence-electron chi connectivity index (χ2n) is 5.05. The number of methoxy groups -OCH3 is 1. The van der Waals surface area contributed by atoms with Crippen LogP contribution in [-0.4, -0.2) is 57.2 Å². The van der Waals surface area contributed by atoms with Gasteiger partial charge in [0, 0.05) is 25.8 Å². The Balaban J connectivity index is 2.19. The number of hydrogen-bond acceptors (Lipinski definition) is 6. The molecule has 0 atom stereocenters. The van der Waals surface area contributed by atoms with Gasteiger partial charge in [0.05, 0.1) is 20.3 Å². The lowest BCUT2D eigenvalue weighted by Crippen LogP contribution is -2.38. The van der Waals surface area contributed by atoms with Crippen LogP contribution in [0.15, 0.2) is 36.3 Å². The molecule has 0 bridgehead atoms. The summed E-state index contributed by atoms with van der Waals surface area (Å²) in [5, 5.41) is 0. The summed E-state index contributed by atoms with van der Waals surface area (Å²) < 4.78 is 10.3. The molecule has 0 radical (unpaired) electrons. The fourth-order valence-corrected chi connectivity index (χ4v) is 2.03. The molecule has 22 heavy (non-hydrogen) atoms. The second-order valence-corrected chi connectivity index (χ2v) is 5.05. The average molecular weight is 309 g/mol. The summed E-state index contributed by atoms with van der Waals surface area (Å²) in [5.74, 6) is 0.0478. The molecule has 1 aliphatic rings. The first kappa shape index (κ1) is 18.4. The summed E-state index contributed by atoms with van der Waals surface area (Å²) >= 11 is 0. The zero-order chi connectivity index (χ0) is 16.2. The predicted molar refractivity (Wildman–Crippen MR) is 87.1 cm³/mol. The van der Waals surface area contributed by atoms with E-state index in [9.17, 15) is 4.79 Å². The summed E-state index contributed by atoms with van der Waals surface area (Å²) in [4.78, 5) is 13.9. The van der Waals surface area contributed by atoms with Gasteiger partial charge in [-0.15, -0.1) is 0 Å². The highest BCUT2D eigenvalue weighted by Crippen LogP contribution is 2.04. The number of hydrazine groups is 1. The molecule has 0 aliphatic carbocycles. The molecule has 0 unspecified atom stereocenters. The monoisotopic (exact) mass is 309 g/mol. The number of rotatable bonds is 10. The van der Waals surface area contributed by atoms with Gasteiger partial charge >= 0.3 is 0 Å². The highest BCUT2D eigenvalue weighted by Gasteiger charge is 2.08. The summed E-state index contributed by atoms with van der Waals surface area (Å²) in [5.41, 5.74) is 7.03. The van der Waals surface area contributed by atoms with Gasteiger partial charge in [-0.05, 0) is 37.6 Å². The molecule has 0 aromatic heterocycles. The maximum atomic E-state index is 11.5. The smallest absolute Gasteiger partial charge is 0.219 e. The Morgan fingerprint density at radius 3 is 2.77 bits per heavy atom. The Morgan fingerprint density at radius 1 is 1.41 bits per heavy atom. The van der Waals surface area contributed by atoms with Gasteiger partial charge in [-0.3, -0.25) is 9.69 Å². The number of morpholine rings is 1. The summed E-state index contributed by atoms with van der Waals surface area (Å²) in [6, 6.07) is 0. The largest absolute Gasteiger partial charge is 0.493 e. The van der Waals surface area contributed by atoms with E-state index in [0.29, 0.717) is 0 Å². The highest BCUT2D eigenvalue weighted by atomic mass is 16.5. The van der Waals surface area contributed by atoms with Crippen LogP contribution < -0.4 is 10.9 Å². The third-order valence-corrected chi connectivity index (χ3v) is 3.29. The number of carbonyl (C=O) groups excluding carboxylic acids is 1. The number of nitrogens with zero attached hydrogens (tertiary/aromatic N) is 1. The normalized spacial score (nSPS) is 17.2. The Kier molecular flexibility index (Phi) is 9.21. The molecule has 6 nitrogen and oxygen atoms in total. The molecular weight excluding hydrogens is 282 g/mol. The number of carbonyl (C=O) groups is 1. The maximum absolute atomic E-state index is 11.5. The first-order valence-corrected chi connectivity index (χ1v) is 7.55. The molecule has 1 aliphatic heterocycles. The SMILES string of the molecule is C=CC(=O)C(=CC(C)=CNNCCCN1CCOCC1)OC. The van der Waals surface area contributed by atoms with E-state index in [-0.39, 0.29) is 11.5 Å². The van der Waals surface area contributed by atoms with E-state index >= 15 is 0 Å². The van der Waals surface area contributed by atoms with E-state index < -0.39 is 0 Å². The lowest BCUT2D eigenvalue weighted by Gasteiger charge is -2.26. The van der Waals surface area contributed by atoms with Gasteiger partial charge in [-0.2, -0.15) is 0 Å². The van der Waals surface area contributed by atoms with Crippen LogP contribution >= 0.6 is 0 Å². The van der Waals surface area contributed by atoms with Gasteiger partial charge in [0.15, 0.2) is 5.76 Å². The fraction of sp³-hybridized carbons (Fsp3) is 0.562. The first-order valence-electron chi connectivity index (χ1n) is 7.55. The Bertz CT molecular complexity index is 413. The lowest BCUT2D eigenvalue weighted by atomic mass is 10.2. The van der Waals surface area contributed by atoms with Crippen molar-refractivity contribution in [2.75, 3.05) is 46.5 Å². The molecule has 124 valence electrons. The topological polar surface area (TPSA) is 62.8 Å². The predicted octanol–water partition coefficient (Wildman–Crippen LogP) is 0.992.